The number of hydrogen-bond acceptors (Lipinski definition) is 5. The number of piperidine rings is 1. The largest absolute Gasteiger partial charge is 0.497 e. The van der Waals surface area contributed by atoms with Gasteiger partial charge in [0, 0.05) is 18.5 Å². The Balaban J connectivity index is 1.79. The van der Waals surface area contributed by atoms with E-state index in [4.69, 9.17) is 14.2 Å². The smallest absolute Gasteiger partial charge is 0.308 e. The van der Waals surface area contributed by atoms with Gasteiger partial charge in [-0.25, -0.2) is 0 Å². The molecule has 0 N–H and O–H groups in total. The molecule has 2 heterocycles. The van der Waals surface area contributed by atoms with Gasteiger partial charge in [0.15, 0.2) is 17.6 Å². The number of ether oxygens (including phenoxy) is 3. The summed E-state index contributed by atoms with van der Waals surface area (Å²) in [7, 11) is 3.88. The number of methoxy groups -OCH3 is 1. The summed E-state index contributed by atoms with van der Waals surface area (Å²) in [5, 5.41) is 0. The maximum atomic E-state index is 11.5. The molecule has 130 valence electrons. The molecule has 2 aliphatic carbocycles. The fraction of sp³-hybridized carbons (Fsp3) is 0.450. The third-order valence-corrected chi connectivity index (χ3v) is 6.19. The number of benzene rings is 1. The van der Waals surface area contributed by atoms with Gasteiger partial charge in [-0.3, -0.25) is 9.69 Å². The number of carbonyl (C=O) groups is 1. The maximum absolute atomic E-state index is 11.5. The highest BCUT2D eigenvalue weighted by atomic mass is 16.6. The van der Waals surface area contributed by atoms with E-state index >= 15 is 0 Å². The normalized spacial score (nSPS) is 31.5. The lowest BCUT2D eigenvalue weighted by atomic mass is 9.57. The second-order valence-corrected chi connectivity index (χ2v) is 7.34. The number of rotatable bonds is 2. The van der Waals surface area contributed by atoms with Crippen LogP contribution < -0.4 is 9.47 Å². The van der Waals surface area contributed by atoms with Crippen LogP contribution in [0.2, 0.25) is 0 Å². The van der Waals surface area contributed by atoms with Crippen molar-refractivity contribution in [1.82, 2.24) is 4.90 Å². The molecule has 2 aliphatic heterocycles. The zero-order valence-corrected chi connectivity index (χ0v) is 14.7. The van der Waals surface area contributed by atoms with Crippen molar-refractivity contribution in [2.24, 2.45) is 0 Å². The molecule has 25 heavy (non-hydrogen) atoms. The fourth-order valence-electron chi connectivity index (χ4n) is 5.17. The molecule has 1 saturated heterocycles. The molecule has 0 unspecified atom stereocenters. The van der Waals surface area contributed by atoms with Crippen molar-refractivity contribution in [3.63, 3.8) is 0 Å². The van der Waals surface area contributed by atoms with Gasteiger partial charge in [-0.2, -0.15) is 0 Å². The van der Waals surface area contributed by atoms with Crippen LogP contribution in [0.4, 0.5) is 0 Å². The van der Waals surface area contributed by atoms with E-state index in [2.05, 4.69) is 24.1 Å². The average Bonchev–Trinajstić information content (AvgIpc) is 2.94. The van der Waals surface area contributed by atoms with Crippen LogP contribution in [0.15, 0.2) is 35.6 Å². The molecule has 0 amide bonds. The van der Waals surface area contributed by atoms with Crippen molar-refractivity contribution in [1.29, 1.82) is 0 Å². The first kappa shape index (κ1) is 15.0. The molecule has 0 radical (unpaired) electrons. The Labute approximate surface area is 146 Å². The Hall–Kier alpha value is -2.27. The minimum absolute atomic E-state index is 0.181. The first-order valence-electron chi connectivity index (χ1n) is 8.74. The third-order valence-electron chi connectivity index (χ3n) is 6.19. The van der Waals surface area contributed by atoms with Gasteiger partial charge in [0.1, 0.15) is 5.76 Å². The molecule has 1 fully saturated rings. The first-order valence-corrected chi connectivity index (χ1v) is 8.74. The quantitative estimate of drug-likeness (QED) is 0.611. The van der Waals surface area contributed by atoms with Gasteiger partial charge in [0.2, 0.25) is 0 Å². The summed E-state index contributed by atoms with van der Waals surface area (Å²) in [6, 6.07) is 4.34. The standard InChI is InChI=1S/C20H21NO4/c1-11(22)24-15-6-4-12-10-14-13-5-7-16(23-3)19-20(13,8-9-21(14)2)17(12)18(15)25-19/h4-7,14,19H,8-10H2,1-3H3/t14-,19+,20+/m1/s1. The molecule has 1 spiro atoms. The monoisotopic (exact) mass is 339 g/mol. The number of carbonyl (C=O) groups excluding carboxylic acids is 1. The summed E-state index contributed by atoms with van der Waals surface area (Å²) in [5.41, 5.74) is 3.70. The predicted octanol–water partition coefficient (Wildman–Crippen LogP) is 2.34. The highest BCUT2D eigenvalue weighted by Crippen LogP contribution is 2.62. The molecule has 2 bridgehead atoms. The van der Waals surface area contributed by atoms with Gasteiger partial charge >= 0.3 is 5.97 Å². The molecule has 1 aromatic carbocycles. The Morgan fingerprint density at radius 3 is 2.96 bits per heavy atom. The molecular formula is C20H21NO4. The molecule has 4 aliphatic rings. The predicted molar refractivity (Wildman–Crippen MR) is 91.8 cm³/mol. The molecule has 0 saturated carbocycles. The van der Waals surface area contributed by atoms with Gasteiger partial charge in [-0.1, -0.05) is 12.1 Å². The summed E-state index contributed by atoms with van der Waals surface area (Å²) in [5.74, 6) is 1.74. The van der Waals surface area contributed by atoms with Gasteiger partial charge in [-0.05, 0) is 49.7 Å². The minimum atomic E-state index is -0.331. The van der Waals surface area contributed by atoms with Crippen molar-refractivity contribution in [2.75, 3.05) is 20.7 Å². The number of nitrogens with zero attached hydrogens (tertiary/aromatic N) is 1. The van der Waals surface area contributed by atoms with E-state index in [1.54, 1.807) is 7.11 Å². The molecule has 1 aromatic rings. The molecular weight excluding hydrogens is 318 g/mol. The van der Waals surface area contributed by atoms with Crippen molar-refractivity contribution in [3.8, 4) is 11.5 Å². The number of hydrogen-bond donors (Lipinski definition) is 0. The van der Waals surface area contributed by atoms with Crippen LogP contribution in [0.5, 0.6) is 11.5 Å². The van der Waals surface area contributed by atoms with E-state index in [1.165, 1.54) is 23.6 Å². The van der Waals surface area contributed by atoms with Crippen LogP contribution in [0, 0.1) is 0 Å². The second kappa shape index (κ2) is 4.88. The van der Waals surface area contributed by atoms with Crippen LogP contribution in [0.1, 0.15) is 24.5 Å². The van der Waals surface area contributed by atoms with E-state index in [-0.39, 0.29) is 17.5 Å². The third kappa shape index (κ3) is 1.74. The van der Waals surface area contributed by atoms with Crippen molar-refractivity contribution >= 4 is 5.97 Å². The van der Waals surface area contributed by atoms with E-state index in [0.717, 1.165) is 30.9 Å². The maximum Gasteiger partial charge on any atom is 0.308 e. The Morgan fingerprint density at radius 1 is 1.36 bits per heavy atom. The summed E-state index contributed by atoms with van der Waals surface area (Å²) >= 11 is 0. The van der Waals surface area contributed by atoms with Crippen molar-refractivity contribution < 1.29 is 19.0 Å². The van der Waals surface area contributed by atoms with Crippen LogP contribution >= 0.6 is 0 Å². The number of likely N-dealkylation sites (tertiary alicyclic amines) is 1. The topological polar surface area (TPSA) is 48.0 Å². The number of esters is 1. The van der Waals surface area contributed by atoms with E-state index in [0.29, 0.717) is 11.8 Å². The SMILES string of the molecule is COC1=CC=C2[C@H]3Cc4ccc(OC(C)=O)c5c4[C@@]2(CCN3C)[C@H]1O5. The lowest BCUT2D eigenvalue weighted by molar-refractivity contribution is -0.132. The van der Waals surface area contributed by atoms with Crippen LogP contribution in [-0.2, 0) is 21.4 Å². The molecule has 5 rings (SSSR count). The van der Waals surface area contributed by atoms with E-state index in [9.17, 15) is 4.79 Å². The highest BCUT2D eigenvalue weighted by molar-refractivity contribution is 5.74. The number of likely N-dealkylation sites (N-methyl/N-ethyl adjacent to an activating group) is 1. The number of allylic oxidation sites excluding steroid dienone is 2. The average molecular weight is 339 g/mol. The zero-order valence-electron chi connectivity index (χ0n) is 14.7. The van der Waals surface area contributed by atoms with Crippen LogP contribution in [0.3, 0.4) is 0 Å². The summed E-state index contributed by atoms with van der Waals surface area (Å²) in [6.45, 7) is 2.43. The molecule has 5 heteroatoms. The van der Waals surface area contributed by atoms with Crippen LogP contribution in [-0.4, -0.2) is 43.7 Å². The van der Waals surface area contributed by atoms with Gasteiger partial charge in [0.05, 0.1) is 12.5 Å². The van der Waals surface area contributed by atoms with Crippen molar-refractivity contribution in [3.05, 3.63) is 46.7 Å². The zero-order chi connectivity index (χ0) is 17.3. The lowest BCUT2D eigenvalue weighted by Crippen LogP contribution is -2.58. The van der Waals surface area contributed by atoms with Crippen LogP contribution in [0.25, 0.3) is 0 Å². The first-order chi connectivity index (χ1) is 12.1. The summed E-state index contributed by atoms with van der Waals surface area (Å²) in [6.07, 6.45) is 6.00. The van der Waals surface area contributed by atoms with E-state index in [1.807, 2.05) is 12.1 Å². The highest BCUT2D eigenvalue weighted by Gasteiger charge is 2.62. The fourth-order valence-corrected chi connectivity index (χ4v) is 5.17. The Bertz CT molecular complexity index is 855. The molecule has 3 atom stereocenters. The minimum Gasteiger partial charge on any atom is -0.497 e. The summed E-state index contributed by atoms with van der Waals surface area (Å²) < 4.78 is 17.5. The van der Waals surface area contributed by atoms with Gasteiger partial charge in [-0.15, -0.1) is 0 Å². The summed E-state index contributed by atoms with van der Waals surface area (Å²) in [4.78, 5) is 14.0. The van der Waals surface area contributed by atoms with E-state index < -0.39 is 0 Å². The molecule has 5 nitrogen and oxygen atoms in total. The molecule has 0 aromatic heterocycles. The van der Waals surface area contributed by atoms with Gasteiger partial charge in [0.25, 0.3) is 0 Å². The Kier molecular flexibility index (Phi) is 2.93. The van der Waals surface area contributed by atoms with Crippen molar-refractivity contribution in [2.45, 2.75) is 37.3 Å². The van der Waals surface area contributed by atoms with Gasteiger partial charge < -0.3 is 14.2 Å². The second-order valence-electron chi connectivity index (χ2n) is 7.34. The lowest BCUT2D eigenvalue weighted by Gasteiger charge is -2.52. The Morgan fingerprint density at radius 2 is 2.20 bits per heavy atom.